The molecule has 1 fully saturated rings. The molecule has 0 N–H and O–H groups in total. The van der Waals surface area contributed by atoms with E-state index in [0.29, 0.717) is 44.0 Å². The van der Waals surface area contributed by atoms with Gasteiger partial charge in [0.1, 0.15) is 0 Å². The zero-order chi connectivity index (χ0) is 21.2. The molecule has 0 aliphatic carbocycles. The van der Waals surface area contributed by atoms with Gasteiger partial charge >= 0.3 is 12.2 Å². The van der Waals surface area contributed by atoms with Crippen LogP contribution < -0.4 is 4.90 Å². The van der Waals surface area contributed by atoms with E-state index in [1.807, 2.05) is 4.90 Å². The Hall–Kier alpha value is -2.88. The zero-order valence-corrected chi connectivity index (χ0v) is 16.2. The van der Waals surface area contributed by atoms with Crippen LogP contribution >= 0.6 is 0 Å². The van der Waals surface area contributed by atoms with E-state index in [4.69, 9.17) is 0 Å². The first kappa shape index (κ1) is 20.8. The quantitative estimate of drug-likeness (QED) is 0.782. The fraction of sp³-hybridized carbons (Fsp3) is 0.421. The number of amides is 2. The molecule has 1 aromatic carbocycles. The summed E-state index contributed by atoms with van der Waals surface area (Å²) >= 11 is 0. The van der Waals surface area contributed by atoms with Crippen LogP contribution in [0.5, 0.6) is 0 Å². The van der Waals surface area contributed by atoms with E-state index in [0.717, 1.165) is 12.1 Å². The number of carbonyl (C=O) groups is 2. The van der Waals surface area contributed by atoms with E-state index in [1.54, 1.807) is 18.0 Å². The Balaban J connectivity index is 1.57. The molecule has 1 saturated heterocycles. The molecule has 2 heterocycles. The first-order chi connectivity index (χ1) is 13.6. The predicted octanol–water partition coefficient (Wildman–Crippen LogP) is 2.67. The number of halogens is 3. The summed E-state index contributed by atoms with van der Waals surface area (Å²) in [6, 6.07) is 5.00. The van der Waals surface area contributed by atoms with Crippen molar-refractivity contribution in [2.45, 2.75) is 19.6 Å². The van der Waals surface area contributed by atoms with Crippen molar-refractivity contribution in [3.05, 3.63) is 47.8 Å². The molecule has 0 saturated carbocycles. The molecule has 10 heteroatoms. The number of piperazine rings is 1. The molecule has 3 rings (SSSR count). The van der Waals surface area contributed by atoms with Crippen LogP contribution in [0.1, 0.15) is 18.1 Å². The van der Waals surface area contributed by atoms with Gasteiger partial charge in [-0.3, -0.25) is 9.69 Å². The number of hydrogen-bond donors (Lipinski definition) is 0. The smallest absolute Gasteiger partial charge is 0.320 e. The summed E-state index contributed by atoms with van der Waals surface area (Å²) in [6.07, 6.45) is -1.41. The molecule has 0 bridgehead atoms. The highest BCUT2D eigenvalue weighted by molar-refractivity contribution is 5.91. The molecule has 2 amide bonds. The van der Waals surface area contributed by atoms with Gasteiger partial charge in [0.25, 0.3) is 0 Å². The van der Waals surface area contributed by atoms with Crippen LogP contribution in [0, 0.1) is 0 Å². The number of anilines is 1. The second-order valence-corrected chi connectivity index (χ2v) is 6.97. The van der Waals surface area contributed by atoms with Crippen molar-refractivity contribution >= 4 is 17.6 Å². The Kier molecular flexibility index (Phi) is 5.92. The zero-order valence-electron chi connectivity index (χ0n) is 16.2. The van der Waals surface area contributed by atoms with Gasteiger partial charge in [-0.2, -0.15) is 23.0 Å². The van der Waals surface area contributed by atoms with E-state index in [2.05, 4.69) is 5.10 Å². The molecular weight excluding hydrogens is 387 g/mol. The highest BCUT2D eigenvalue weighted by Crippen LogP contribution is 2.29. The van der Waals surface area contributed by atoms with E-state index < -0.39 is 11.7 Å². The number of carbonyl (C=O) groups excluding carboxylic acids is 2. The lowest BCUT2D eigenvalue weighted by molar-refractivity contribution is -0.137. The van der Waals surface area contributed by atoms with Crippen molar-refractivity contribution in [2.24, 2.45) is 0 Å². The Morgan fingerprint density at radius 3 is 2.48 bits per heavy atom. The van der Waals surface area contributed by atoms with Gasteiger partial charge in [-0.25, -0.2) is 4.79 Å². The molecule has 29 heavy (non-hydrogen) atoms. The topological polar surface area (TPSA) is 61.7 Å². The SMILES string of the molecule is CC(=O)N(C)c1cnn(C(=O)N2CCN(Cc3cccc(C(F)(F)F)c3)CC2)c1. The van der Waals surface area contributed by atoms with Gasteiger partial charge in [-0.05, 0) is 11.6 Å². The molecule has 2 aromatic rings. The first-order valence-corrected chi connectivity index (χ1v) is 9.12. The van der Waals surface area contributed by atoms with Crippen LogP contribution in [0.3, 0.4) is 0 Å². The Labute approximate surface area is 166 Å². The fourth-order valence-electron chi connectivity index (χ4n) is 3.12. The van der Waals surface area contributed by atoms with Crippen LogP contribution in [0.4, 0.5) is 23.7 Å². The predicted molar refractivity (Wildman–Crippen MR) is 100 cm³/mol. The third-order valence-corrected chi connectivity index (χ3v) is 4.93. The number of alkyl halides is 3. The third-order valence-electron chi connectivity index (χ3n) is 4.93. The van der Waals surface area contributed by atoms with Crippen molar-refractivity contribution in [3.8, 4) is 0 Å². The normalized spacial score (nSPS) is 15.4. The molecule has 0 radical (unpaired) electrons. The van der Waals surface area contributed by atoms with Gasteiger partial charge < -0.3 is 9.80 Å². The number of nitrogens with zero attached hydrogens (tertiary/aromatic N) is 5. The van der Waals surface area contributed by atoms with Crippen molar-refractivity contribution < 1.29 is 22.8 Å². The fourth-order valence-corrected chi connectivity index (χ4v) is 3.12. The standard InChI is InChI=1S/C19H22F3N5O2/c1-14(28)24(2)17-11-23-27(13-17)18(29)26-8-6-25(7-9-26)12-15-4-3-5-16(10-15)19(20,21)22/h3-5,10-11,13H,6-9,12H2,1-2H3. The van der Waals surface area contributed by atoms with Crippen molar-refractivity contribution in [1.29, 1.82) is 0 Å². The van der Waals surface area contributed by atoms with Crippen LogP contribution in [0.2, 0.25) is 0 Å². The molecule has 156 valence electrons. The van der Waals surface area contributed by atoms with Gasteiger partial charge in [0.05, 0.1) is 23.6 Å². The molecule has 0 unspecified atom stereocenters. The molecule has 0 atom stereocenters. The maximum atomic E-state index is 12.9. The van der Waals surface area contributed by atoms with Gasteiger partial charge in [0, 0.05) is 46.7 Å². The Morgan fingerprint density at radius 2 is 1.86 bits per heavy atom. The molecule has 1 aliphatic rings. The molecule has 1 aliphatic heterocycles. The summed E-state index contributed by atoms with van der Waals surface area (Å²) in [5.41, 5.74) is 0.450. The minimum atomic E-state index is -4.36. The number of benzene rings is 1. The van der Waals surface area contributed by atoms with Crippen LogP contribution in [-0.4, -0.2) is 64.7 Å². The summed E-state index contributed by atoms with van der Waals surface area (Å²) in [5.74, 6) is -0.166. The summed E-state index contributed by atoms with van der Waals surface area (Å²) < 4.78 is 39.8. The van der Waals surface area contributed by atoms with Gasteiger partial charge in [0.15, 0.2) is 0 Å². The number of aromatic nitrogens is 2. The van der Waals surface area contributed by atoms with Crippen molar-refractivity contribution in [3.63, 3.8) is 0 Å². The molecular formula is C19H22F3N5O2. The van der Waals surface area contributed by atoms with Gasteiger partial charge in [-0.1, -0.05) is 18.2 Å². The second kappa shape index (κ2) is 8.24. The van der Waals surface area contributed by atoms with E-state index in [-0.39, 0.29) is 11.9 Å². The lowest BCUT2D eigenvalue weighted by Crippen LogP contribution is -2.49. The average molecular weight is 409 g/mol. The summed E-state index contributed by atoms with van der Waals surface area (Å²) in [5, 5.41) is 4.03. The largest absolute Gasteiger partial charge is 0.416 e. The Bertz CT molecular complexity index is 888. The van der Waals surface area contributed by atoms with Crippen LogP contribution in [0.15, 0.2) is 36.7 Å². The minimum absolute atomic E-state index is 0.166. The van der Waals surface area contributed by atoms with Crippen LogP contribution in [-0.2, 0) is 17.5 Å². The molecule has 0 spiro atoms. The summed E-state index contributed by atoms with van der Waals surface area (Å²) in [7, 11) is 1.60. The Morgan fingerprint density at radius 1 is 1.17 bits per heavy atom. The summed E-state index contributed by atoms with van der Waals surface area (Å²) in [6.45, 7) is 3.78. The highest BCUT2D eigenvalue weighted by atomic mass is 19.4. The van der Waals surface area contributed by atoms with Gasteiger partial charge in [0.2, 0.25) is 5.91 Å². The monoisotopic (exact) mass is 409 g/mol. The van der Waals surface area contributed by atoms with Crippen LogP contribution in [0.25, 0.3) is 0 Å². The third kappa shape index (κ3) is 4.94. The first-order valence-electron chi connectivity index (χ1n) is 9.12. The number of hydrogen-bond acceptors (Lipinski definition) is 4. The second-order valence-electron chi connectivity index (χ2n) is 6.97. The lowest BCUT2D eigenvalue weighted by atomic mass is 10.1. The van der Waals surface area contributed by atoms with Crippen molar-refractivity contribution in [1.82, 2.24) is 19.6 Å². The highest BCUT2D eigenvalue weighted by Gasteiger charge is 2.30. The maximum absolute atomic E-state index is 12.9. The molecule has 7 nitrogen and oxygen atoms in total. The maximum Gasteiger partial charge on any atom is 0.416 e. The average Bonchev–Trinajstić information content (AvgIpc) is 3.17. The minimum Gasteiger partial charge on any atom is -0.320 e. The number of rotatable bonds is 3. The van der Waals surface area contributed by atoms with Crippen molar-refractivity contribution in [2.75, 3.05) is 38.1 Å². The van der Waals surface area contributed by atoms with E-state index in [9.17, 15) is 22.8 Å². The van der Waals surface area contributed by atoms with Gasteiger partial charge in [-0.15, -0.1) is 0 Å². The van der Waals surface area contributed by atoms with E-state index in [1.165, 1.54) is 35.0 Å². The van der Waals surface area contributed by atoms with E-state index >= 15 is 0 Å². The lowest BCUT2D eigenvalue weighted by Gasteiger charge is -2.34. The summed E-state index contributed by atoms with van der Waals surface area (Å²) in [4.78, 5) is 29.1. The molecule has 1 aromatic heterocycles.